The minimum atomic E-state index is 0.269. The summed E-state index contributed by atoms with van der Waals surface area (Å²) in [6, 6.07) is 19.8. The molecule has 2 unspecified atom stereocenters. The maximum absolute atomic E-state index is 6.43. The highest BCUT2D eigenvalue weighted by atomic mass is 14.7. The maximum Gasteiger partial charge on any atom is 0.0117 e. The van der Waals surface area contributed by atoms with Crippen molar-refractivity contribution in [2.45, 2.75) is 37.6 Å². The van der Waals surface area contributed by atoms with Crippen LogP contribution in [-0.4, -0.2) is 6.04 Å². The Morgan fingerprint density at radius 3 is 2.47 bits per heavy atom. The van der Waals surface area contributed by atoms with E-state index < -0.39 is 0 Å². The number of hydrogen-bond donors (Lipinski definition) is 1. The van der Waals surface area contributed by atoms with Crippen LogP contribution >= 0.6 is 0 Å². The normalized spacial score (nSPS) is 23.7. The lowest BCUT2D eigenvalue weighted by Gasteiger charge is -2.35. The summed E-state index contributed by atoms with van der Waals surface area (Å²) in [6.45, 7) is 2.31. The summed E-state index contributed by atoms with van der Waals surface area (Å²) in [5, 5.41) is 0. The number of hydrogen-bond acceptors (Lipinski definition) is 1. The number of benzene rings is 2. The molecule has 1 nitrogen and oxygen atoms in total. The Kier molecular flexibility index (Phi) is 3.39. The first-order valence-corrected chi connectivity index (χ1v) is 7.15. The van der Waals surface area contributed by atoms with Crippen LogP contribution in [0.2, 0.25) is 0 Å². The van der Waals surface area contributed by atoms with Gasteiger partial charge in [0, 0.05) is 12.0 Å². The Morgan fingerprint density at radius 2 is 1.68 bits per heavy atom. The van der Waals surface area contributed by atoms with Crippen molar-refractivity contribution in [1.82, 2.24) is 0 Å². The van der Waals surface area contributed by atoms with Gasteiger partial charge in [-0.3, -0.25) is 0 Å². The van der Waals surface area contributed by atoms with Gasteiger partial charge < -0.3 is 5.73 Å². The maximum atomic E-state index is 6.43. The van der Waals surface area contributed by atoms with Crippen LogP contribution in [0.3, 0.4) is 0 Å². The number of fused-ring (bicyclic) bond motifs is 1. The second kappa shape index (κ2) is 5.18. The Hall–Kier alpha value is -1.60. The summed E-state index contributed by atoms with van der Waals surface area (Å²) < 4.78 is 0. The molecule has 1 heteroatoms. The molecule has 0 saturated carbocycles. The van der Waals surface area contributed by atoms with Crippen molar-refractivity contribution in [3.05, 3.63) is 71.3 Å². The Morgan fingerprint density at radius 1 is 1.00 bits per heavy atom. The molecule has 2 aromatic rings. The second-order valence-corrected chi connectivity index (χ2v) is 5.63. The van der Waals surface area contributed by atoms with Crippen LogP contribution < -0.4 is 5.73 Å². The highest BCUT2D eigenvalue weighted by Crippen LogP contribution is 2.40. The summed E-state index contributed by atoms with van der Waals surface area (Å²) in [7, 11) is 0. The first kappa shape index (κ1) is 12.4. The van der Waals surface area contributed by atoms with E-state index in [4.69, 9.17) is 5.73 Å². The van der Waals surface area contributed by atoms with Crippen LogP contribution in [0.5, 0.6) is 0 Å². The zero-order valence-corrected chi connectivity index (χ0v) is 11.4. The van der Waals surface area contributed by atoms with Gasteiger partial charge in [0.15, 0.2) is 0 Å². The Balaban J connectivity index is 2.00. The molecule has 3 rings (SSSR count). The van der Waals surface area contributed by atoms with E-state index in [1.165, 1.54) is 16.7 Å². The molecule has 98 valence electrons. The molecule has 0 saturated heterocycles. The zero-order valence-electron chi connectivity index (χ0n) is 11.4. The summed E-state index contributed by atoms with van der Waals surface area (Å²) >= 11 is 0. The number of rotatable bonds is 2. The molecule has 0 heterocycles. The molecular formula is C18H21N. The van der Waals surface area contributed by atoms with Crippen LogP contribution in [0.25, 0.3) is 0 Å². The predicted molar refractivity (Wildman–Crippen MR) is 80.3 cm³/mol. The standard InChI is InChI=1S/C18H21N/c1-13(14-7-3-2-4-8-14)18-16-10-6-5-9-15(16)11-12-17(18)19/h2-10,13,17-18H,11-12,19H2,1H3/t13-,17?,18?/m1/s1. The van der Waals surface area contributed by atoms with Crippen molar-refractivity contribution in [3.63, 3.8) is 0 Å². The quantitative estimate of drug-likeness (QED) is 0.862. The first-order valence-electron chi connectivity index (χ1n) is 7.15. The van der Waals surface area contributed by atoms with Gasteiger partial charge in [-0.2, -0.15) is 0 Å². The molecule has 19 heavy (non-hydrogen) atoms. The SMILES string of the molecule is C[C@H](c1ccccc1)C1c2ccccc2CCC1N. The minimum Gasteiger partial charge on any atom is -0.327 e. The number of nitrogens with two attached hydrogens (primary N) is 1. The van der Waals surface area contributed by atoms with Crippen LogP contribution in [-0.2, 0) is 6.42 Å². The van der Waals surface area contributed by atoms with Gasteiger partial charge in [0.1, 0.15) is 0 Å². The topological polar surface area (TPSA) is 26.0 Å². The summed E-state index contributed by atoms with van der Waals surface area (Å²) in [6.07, 6.45) is 2.22. The lowest BCUT2D eigenvalue weighted by molar-refractivity contribution is 0.422. The van der Waals surface area contributed by atoms with Crippen LogP contribution in [0.4, 0.5) is 0 Å². The average Bonchev–Trinajstić information content (AvgIpc) is 2.47. The van der Waals surface area contributed by atoms with Crippen LogP contribution in [0.15, 0.2) is 54.6 Å². The molecule has 0 aliphatic heterocycles. The van der Waals surface area contributed by atoms with E-state index in [-0.39, 0.29) is 6.04 Å². The van der Waals surface area contributed by atoms with Crippen molar-refractivity contribution in [2.75, 3.05) is 0 Å². The minimum absolute atomic E-state index is 0.269. The van der Waals surface area contributed by atoms with Gasteiger partial charge in [-0.25, -0.2) is 0 Å². The second-order valence-electron chi connectivity index (χ2n) is 5.63. The summed E-state index contributed by atoms with van der Waals surface area (Å²) in [4.78, 5) is 0. The molecule has 2 N–H and O–H groups in total. The highest BCUT2D eigenvalue weighted by Gasteiger charge is 2.31. The van der Waals surface area contributed by atoms with Gasteiger partial charge in [-0.15, -0.1) is 0 Å². The van der Waals surface area contributed by atoms with Gasteiger partial charge in [0.25, 0.3) is 0 Å². The van der Waals surface area contributed by atoms with Gasteiger partial charge in [-0.1, -0.05) is 61.5 Å². The molecule has 1 aliphatic carbocycles. The first-order chi connectivity index (χ1) is 9.27. The third-order valence-corrected chi connectivity index (χ3v) is 4.49. The fourth-order valence-corrected chi connectivity index (χ4v) is 3.42. The Bertz CT molecular complexity index is 547. The molecule has 0 spiro atoms. The molecule has 0 amide bonds. The van der Waals surface area contributed by atoms with Crippen molar-refractivity contribution in [3.8, 4) is 0 Å². The van der Waals surface area contributed by atoms with Crippen LogP contribution in [0, 0.1) is 0 Å². The lowest BCUT2D eigenvalue weighted by atomic mass is 9.71. The molecule has 0 radical (unpaired) electrons. The average molecular weight is 251 g/mol. The van der Waals surface area contributed by atoms with Gasteiger partial charge >= 0.3 is 0 Å². The molecule has 0 bridgehead atoms. The fourth-order valence-electron chi connectivity index (χ4n) is 3.42. The Labute approximate surface area is 115 Å². The largest absolute Gasteiger partial charge is 0.327 e. The molecule has 0 aromatic heterocycles. The molecular weight excluding hydrogens is 230 g/mol. The van der Waals surface area contributed by atoms with E-state index in [2.05, 4.69) is 61.5 Å². The zero-order chi connectivity index (χ0) is 13.2. The van der Waals surface area contributed by atoms with E-state index in [0.717, 1.165) is 12.8 Å². The van der Waals surface area contributed by atoms with E-state index in [9.17, 15) is 0 Å². The lowest BCUT2D eigenvalue weighted by Crippen LogP contribution is -2.35. The highest BCUT2D eigenvalue weighted by molar-refractivity contribution is 5.38. The van der Waals surface area contributed by atoms with E-state index >= 15 is 0 Å². The molecule has 0 fully saturated rings. The van der Waals surface area contributed by atoms with Crippen molar-refractivity contribution >= 4 is 0 Å². The van der Waals surface area contributed by atoms with Crippen molar-refractivity contribution < 1.29 is 0 Å². The third-order valence-electron chi connectivity index (χ3n) is 4.49. The van der Waals surface area contributed by atoms with Crippen molar-refractivity contribution in [2.24, 2.45) is 5.73 Å². The van der Waals surface area contributed by atoms with Gasteiger partial charge in [0.05, 0.1) is 0 Å². The smallest absolute Gasteiger partial charge is 0.0117 e. The monoisotopic (exact) mass is 251 g/mol. The predicted octanol–water partition coefficient (Wildman–Crippen LogP) is 3.85. The molecule has 1 aliphatic rings. The molecule has 2 aromatic carbocycles. The van der Waals surface area contributed by atoms with Gasteiger partial charge in [-0.05, 0) is 35.4 Å². The van der Waals surface area contributed by atoms with Crippen LogP contribution in [0.1, 0.15) is 41.9 Å². The van der Waals surface area contributed by atoms with E-state index in [1.54, 1.807) is 0 Å². The summed E-state index contributed by atoms with van der Waals surface area (Å²) in [5.74, 6) is 0.907. The van der Waals surface area contributed by atoms with Crippen molar-refractivity contribution in [1.29, 1.82) is 0 Å². The number of aryl methyl sites for hydroxylation is 1. The van der Waals surface area contributed by atoms with E-state index in [1.807, 2.05) is 0 Å². The summed E-state index contributed by atoms with van der Waals surface area (Å²) in [5.41, 5.74) is 10.8. The van der Waals surface area contributed by atoms with Gasteiger partial charge in [0.2, 0.25) is 0 Å². The fraction of sp³-hybridized carbons (Fsp3) is 0.333. The third kappa shape index (κ3) is 2.31. The van der Waals surface area contributed by atoms with E-state index in [0.29, 0.717) is 11.8 Å². The molecule has 3 atom stereocenters.